The normalized spacial score (nSPS) is 11.3. The van der Waals surface area contributed by atoms with Gasteiger partial charge in [0, 0.05) is 18.3 Å². The largest absolute Gasteiger partial charge is 0.416 e. The minimum atomic E-state index is -4.43. The van der Waals surface area contributed by atoms with E-state index < -0.39 is 11.7 Å². The van der Waals surface area contributed by atoms with Crippen LogP contribution in [0.5, 0.6) is 0 Å². The van der Waals surface area contributed by atoms with Crippen LogP contribution in [0.3, 0.4) is 0 Å². The molecule has 1 rings (SSSR count). The maximum atomic E-state index is 12.4. The van der Waals surface area contributed by atoms with Gasteiger partial charge >= 0.3 is 6.18 Å². The molecule has 0 heterocycles. The lowest BCUT2D eigenvalue weighted by atomic mass is 10.1. The van der Waals surface area contributed by atoms with E-state index >= 15 is 0 Å². The van der Waals surface area contributed by atoms with Crippen LogP contribution in [0.4, 0.5) is 18.9 Å². The third-order valence-corrected chi connectivity index (χ3v) is 2.44. The molecule has 1 aromatic rings. The van der Waals surface area contributed by atoms with E-state index in [0.29, 0.717) is 0 Å². The van der Waals surface area contributed by atoms with Crippen LogP contribution in [-0.4, -0.2) is 17.0 Å². The molecule has 1 aromatic carbocycles. The molecule has 3 nitrogen and oxygen atoms in total. The minimum Gasteiger partial charge on any atom is -0.398 e. The molecule has 0 aliphatic carbocycles. The molecule has 0 unspecified atom stereocenters. The molecule has 0 aromatic heterocycles. The molecule has 0 atom stereocenters. The van der Waals surface area contributed by atoms with Gasteiger partial charge < -0.3 is 10.7 Å². The Kier molecular flexibility index (Phi) is 3.39. The summed E-state index contributed by atoms with van der Waals surface area (Å²) in [4.78, 5) is 0.0589. The molecular formula is C9H10F3N3S. The fourth-order valence-electron chi connectivity index (χ4n) is 1.11. The Morgan fingerprint density at radius 3 is 2.38 bits per heavy atom. The van der Waals surface area contributed by atoms with Gasteiger partial charge in [0.2, 0.25) is 0 Å². The lowest BCUT2D eigenvalue weighted by Gasteiger charge is -2.16. The fourth-order valence-corrected chi connectivity index (χ4v) is 1.28. The van der Waals surface area contributed by atoms with E-state index in [0.717, 1.165) is 23.2 Å². The second-order valence-electron chi connectivity index (χ2n) is 3.22. The number of hydrogen-bond donors (Lipinski definition) is 2. The first kappa shape index (κ1) is 12.7. The molecular weight excluding hydrogens is 239 g/mol. The summed E-state index contributed by atoms with van der Waals surface area (Å²) in [6, 6.07) is 2.95. The van der Waals surface area contributed by atoms with Crippen molar-refractivity contribution in [2.24, 2.45) is 5.84 Å². The number of halogens is 3. The van der Waals surface area contributed by atoms with Crippen LogP contribution < -0.4 is 11.6 Å². The van der Waals surface area contributed by atoms with Crippen molar-refractivity contribution in [3.05, 3.63) is 29.3 Å². The van der Waals surface area contributed by atoms with Crippen LogP contribution in [0.25, 0.3) is 0 Å². The van der Waals surface area contributed by atoms with E-state index in [-0.39, 0.29) is 16.2 Å². The lowest BCUT2D eigenvalue weighted by Crippen LogP contribution is -2.33. The Morgan fingerprint density at radius 1 is 1.38 bits per heavy atom. The number of rotatable bonds is 1. The van der Waals surface area contributed by atoms with Gasteiger partial charge in [0.15, 0.2) is 0 Å². The maximum Gasteiger partial charge on any atom is 0.416 e. The Labute approximate surface area is 95.8 Å². The van der Waals surface area contributed by atoms with E-state index in [1.807, 2.05) is 0 Å². The number of alkyl halides is 3. The molecule has 0 saturated carbocycles. The highest BCUT2D eigenvalue weighted by atomic mass is 32.1. The molecule has 4 N–H and O–H groups in total. The number of hydrazine groups is 1. The summed E-state index contributed by atoms with van der Waals surface area (Å²) in [6.07, 6.45) is -4.43. The number of nitrogens with zero attached hydrogens (tertiary/aromatic N) is 1. The number of nitrogens with two attached hydrogens (primary N) is 2. The molecule has 0 aliphatic rings. The second-order valence-corrected chi connectivity index (χ2v) is 3.60. The van der Waals surface area contributed by atoms with Gasteiger partial charge in [-0.3, -0.25) is 0 Å². The molecule has 0 bridgehead atoms. The summed E-state index contributed by atoms with van der Waals surface area (Å²) in [5, 5.41) is 1.04. The Balaban J connectivity index is 3.25. The van der Waals surface area contributed by atoms with Gasteiger partial charge in [-0.25, -0.2) is 5.84 Å². The van der Waals surface area contributed by atoms with Crippen molar-refractivity contribution in [1.82, 2.24) is 5.01 Å². The Hall–Kier alpha value is -1.34. The SMILES string of the molecule is CN(N)C(=S)c1cc(C(F)(F)F)ccc1N. The molecule has 7 heteroatoms. The van der Waals surface area contributed by atoms with Crippen LogP contribution in [0.1, 0.15) is 11.1 Å². The average Bonchev–Trinajstić information content (AvgIpc) is 2.15. The topological polar surface area (TPSA) is 55.3 Å². The Bertz CT molecular complexity index is 415. The monoisotopic (exact) mass is 249 g/mol. The van der Waals surface area contributed by atoms with Gasteiger partial charge in [0.05, 0.1) is 5.56 Å². The van der Waals surface area contributed by atoms with Crippen molar-refractivity contribution < 1.29 is 13.2 Å². The van der Waals surface area contributed by atoms with E-state index in [1.165, 1.54) is 7.05 Å². The lowest BCUT2D eigenvalue weighted by molar-refractivity contribution is -0.137. The van der Waals surface area contributed by atoms with E-state index in [4.69, 9.17) is 23.8 Å². The Morgan fingerprint density at radius 2 is 1.94 bits per heavy atom. The first-order chi connectivity index (χ1) is 7.23. The fraction of sp³-hybridized carbons (Fsp3) is 0.222. The second kappa shape index (κ2) is 4.26. The molecule has 16 heavy (non-hydrogen) atoms. The van der Waals surface area contributed by atoms with Crippen molar-refractivity contribution in [3.8, 4) is 0 Å². The van der Waals surface area contributed by atoms with Gasteiger partial charge in [-0.1, -0.05) is 12.2 Å². The van der Waals surface area contributed by atoms with Crippen LogP contribution in [0.2, 0.25) is 0 Å². The summed E-state index contributed by atoms with van der Waals surface area (Å²) < 4.78 is 37.3. The molecule has 0 aliphatic heterocycles. The highest BCUT2D eigenvalue weighted by Crippen LogP contribution is 2.31. The number of thiocarbonyl (C=S) groups is 1. The zero-order chi connectivity index (χ0) is 12.5. The zero-order valence-electron chi connectivity index (χ0n) is 8.38. The van der Waals surface area contributed by atoms with Gasteiger partial charge in [-0.05, 0) is 18.2 Å². The van der Waals surface area contributed by atoms with E-state index in [2.05, 4.69) is 0 Å². The number of benzene rings is 1. The average molecular weight is 249 g/mol. The summed E-state index contributed by atoms with van der Waals surface area (Å²) in [5.74, 6) is 5.35. The smallest absolute Gasteiger partial charge is 0.398 e. The first-order valence-corrected chi connectivity index (χ1v) is 4.64. The molecule has 0 fully saturated rings. The van der Waals surface area contributed by atoms with Crippen molar-refractivity contribution in [2.45, 2.75) is 6.18 Å². The minimum absolute atomic E-state index is 0.0589. The van der Waals surface area contributed by atoms with Crippen LogP contribution >= 0.6 is 12.2 Å². The predicted molar refractivity (Wildman–Crippen MR) is 59.5 cm³/mol. The number of hydrogen-bond acceptors (Lipinski definition) is 3. The molecule has 88 valence electrons. The number of nitrogen functional groups attached to an aromatic ring is 1. The standard InChI is InChI=1S/C9H10F3N3S/c1-15(14)8(16)6-4-5(9(10,11)12)2-3-7(6)13/h2-4H,13-14H2,1H3. The molecule has 0 amide bonds. The van der Waals surface area contributed by atoms with Gasteiger partial charge in [0.25, 0.3) is 0 Å². The summed E-state index contributed by atoms with van der Waals surface area (Å²) in [7, 11) is 1.43. The highest BCUT2D eigenvalue weighted by molar-refractivity contribution is 7.80. The third-order valence-electron chi connectivity index (χ3n) is 1.93. The predicted octanol–water partition coefficient (Wildman–Crippen LogP) is 1.77. The van der Waals surface area contributed by atoms with Crippen LogP contribution in [-0.2, 0) is 6.18 Å². The van der Waals surface area contributed by atoms with Crippen molar-refractivity contribution >= 4 is 22.9 Å². The van der Waals surface area contributed by atoms with Crippen molar-refractivity contribution in [2.75, 3.05) is 12.8 Å². The zero-order valence-corrected chi connectivity index (χ0v) is 9.19. The molecule has 0 radical (unpaired) electrons. The van der Waals surface area contributed by atoms with E-state index in [1.54, 1.807) is 0 Å². The van der Waals surface area contributed by atoms with E-state index in [9.17, 15) is 13.2 Å². The van der Waals surface area contributed by atoms with Crippen molar-refractivity contribution in [3.63, 3.8) is 0 Å². The summed E-state index contributed by atoms with van der Waals surface area (Å²) in [6.45, 7) is 0. The summed E-state index contributed by atoms with van der Waals surface area (Å²) in [5.41, 5.74) is 5.00. The third kappa shape index (κ3) is 2.61. The summed E-state index contributed by atoms with van der Waals surface area (Å²) >= 11 is 4.87. The van der Waals surface area contributed by atoms with Gasteiger partial charge in [-0.15, -0.1) is 0 Å². The van der Waals surface area contributed by atoms with Crippen LogP contribution in [0.15, 0.2) is 18.2 Å². The number of anilines is 1. The van der Waals surface area contributed by atoms with Gasteiger partial charge in [-0.2, -0.15) is 13.2 Å². The quantitative estimate of drug-likeness (QED) is 0.345. The molecule has 0 saturated heterocycles. The molecule has 0 spiro atoms. The van der Waals surface area contributed by atoms with Crippen LogP contribution in [0, 0.1) is 0 Å². The van der Waals surface area contributed by atoms with Crippen molar-refractivity contribution in [1.29, 1.82) is 0 Å². The first-order valence-electron chi connectivity index (χ1n) is 4.23. The highest BCUT2D eigenvalue weighted by Gasteiger charge is 2.31. The maximum absolute atomic E-state index is 12.4. The van der Waals surface area contributed by atoms with Gasteiger partial charge in [0.1, 0.15) is 4.99 Å².